The molecule has 1 atom stereocenters. The van der Waals surface area contributed by atoms with E-state index in [-0.39, 0.29) is 6.10 Å². The third-order valence-electron chi connectivity index (χ3n) is 2.62. The first-order valence-electron chi connectivity index (χ1n) is 6.06. The van der Waals surface area contributed by atoms with Crippen LogP contribution in [0.3, 0.4) is 0 Å². The molecule has 128 valence electrons. The van der Waals surface area contributed by atoms with Crippen molar-refractivity contribution in [1.29, 1.82) is 0 Å². The minimum absolute atomic E-state index is 0.228. The highest BCUT2D eigenvalue weighted by Gasteiger charge is 2.39. The number of carbonyl (C=O) groups excluding carboxylic acids is 2. The molecule has 0 aliphatic carbocycles. The average Bonchev–Trinajstić information content (AvgIpc) is 2.39. The minimum Gasteiger partial charge on any atom is -0.475 e. The molecule has 1 amide bonds. The Balaban J connectivity index is 0.000000534. The normalized spacial score (nSPS) is 18.4. The monoisotopic (exact) mass is 330 g/mol. The smallest absolute Gasteiger partial charge is 0.475 e. The molecule has 0 aromatic heterocycles. The number of carboxylic acid groups (broad SMARTS) is 1. The first-order valence-corrected chi connectivity index (χ1v) is 6.06. The maximum absolute atomic E-state index is 11.5. The van der Waals surface area contributed by atoms with Gasteiger partial charge in [-0.25, -0.2) is 9.59 Å². The van der Waals surface area contributed by atoms with E-state index in [9.17, 15) is 22.8 Å². The van der Waals surface area contributed by atoms with Crippen LogP contribution in [-0.2, 0) is 23.9 Å². The molecule has 0 radical (unpaired) electrons. The quantitative estimate of drug-likeness (QED) is 0.469. The maximum Gasteiger partial charge on any atom is 0.490 e. The summed E-state index contributed by atoms with van der Waals surface area (Å²) >= 11 is 0. The molecule has 5 N–H and O–H groups in total. The molecule has 0 aromatic rings. The fourth-order valence-electron chi connectivity index (χ4n) is 1.17. The topological polar surface area (TPSA) is 142 Å². The Kier molecular flexibility index (Phi) is 7.26. The fourth-order valence-corrected chi connectivity index (χ4v) is 1.17. The van der Waals surface area contributed by atoms with Gasteiger partial charge in [0.1, 0.15) is 6.10 Å². The van der Waals surface area contributed by atoms with Crippen LogP contribution in [0.4, 0.5) is 13.2 Å². The zero-order chi connectivity index (χ0) is 17.6. The van der Waals surface area contributed by atoms with Crippen LogP contribution in [0, 0.1) is 0 Å². The lowest BCUT2D eigenvalue weighted by atomic mass is 10.0. The number of rotatable bonds is 3. The Hall–Kier alpha value is -1.88. The number of hydrogen-bond acceptors (Lipinski definition) is 6. The first-order chi connectivity index (χ1) is 9.89. The molecule has 0 spiro atoms. The number of ether oxygens (including phenoxy) is 2. The van der Waals surface area contributed by atoms with Gasteiger partial charge in [-0.05, 0) is 6.92 Å². The first kappa shape index (κ1) is 20.1. The molecule has 0 aromatic carbocycles. The van der Waals surface area contributed by atoms with Crippen molar-refractivity contribution in [2.75, 3.05) is 13.2 Å². The summed E-state index contributed by atoms with van der Waals surface area (Å²) in [6, 6.07) is 0. The summed E-state index contributed by atoms with van der Waals surface area (Å²) in [5.74, 6) is -4.42. The van der Waals surface area contributed by atoms with Gasteiger partial charge in [-0.2, -0.15) is 13.2 Å². The van der Waals surface area contributed by atoms with Crippen LogP contribution < -0.4 is 11.5 Å². The van der Waals surface area contributed by atoms with Gasteiger partial charge < -0.3 is 26.0 Å². The molecular formula is C11H17F3N2O6. The molecule has 1 unspecified atom stereocenters. The van der Waals surface area contributed by atoms with E-state index in [2.05, 4.69) is 0 Å². The van der Waals surface area contributed by atoms with Crippen LogP contribution >= 0.6 is 0 Å². The number of primary amides is 1. The summed E-state index contributed by atoms with van der Waals surface area (Å²) in [6.07, 6.45) is -4.06. The number of alkyl halides is 3. The number of esters is 1. The Morgan fingerprint density at radius 1 is 1.23 bits per heavy atom. The van der Waals surface area contributed by atoms with Gasteiger partial charge in [0.05, 0.1) is 13.2 Å². The van der Waals surface area contributed by atoms with Gasteiger partial charge in [0.15, 0.2) is 5.54 Å². The minimum atomic E-state index is -5.08. The van der Waals surface area contributed by atoms with E-state index in [0.717, 1.165) is 0 Å². The van der Waals surface area contributed by atoms with Crippen molar-refractivity contribution in [1.82, 2.24) is 0 Å². The zero-order valence-corrected chi connectivity index (χ0v) is 11.7. The number of amides is 1. The number of halogens is 3. The van der Waals surface area contributed by atoms with Crippen molar-refractivity contribution < 1.29 is 42.1 Å². The van der Waals surface area contributed by atoms with E-state index in [1.807, 2.05) is 0 Å². The van der Waals surface area contributed by atoms with Crippen molar-refractivity contribution in [2.24, 2.45) is 11.5 Å². The van der Waals surface area contributed by atoms with Gasteiger partial charge in [0, 0.05) is 12.8 Å². The predicted octanol–water partition coefficient (Wildman–Crippen LogP) is -0.455. The summed E-state index contributed by atoms with van der Waals surface area (Å²) in [5.41, 5.74) is 8.68. The third-order valence-corrected chi connectivity index (χ3v) is 2.62. The van der Waals surface area contributed by atoms with E-state index in [4.69, 9.17) is 30.8 Å². The maximum atomic E-state index is 11.5. The highest BCUT2D eigenvalue weighted by molar-refractivity contribution is 6.05. The summed E-state index contributed by atoms with van der Waals surface area (Å²) in [5, 5.41) is 7.12. The average molecular weight is 330 g/mol. The highest BCUT2D eigenvalue weighted by Crippen LogP contribution is 2.14. The summed E-state index contributed by atoms with van der Waals surface area (Å²) in [4.78, 5) is 31.3. The highest BCUT2D eigenvalue weighted by atomic mass is 19.4. The molecule has 8 nitrogen and oxygen atoms in total. The second-order valence-corrected chi connectivity index (χ2v) is 4.59. The molecule has 11 heteroatoms. The Bertz CT molecular complexity index is 419. The lowest BCUT2D eigenvalue weighted by Gasteiger charge is -2.26. The molecule has 1 saturated heterocycles. The van der Waals surface area contributed by atoms with Crippen LogP contribution in [-0.4, -0.2) is 54.0 Å². The van der Waals surface area contributed by atoms with Crippen LogP contribution in [0.15, 0.2) is 0 Å². The Morgan fingerprint density at radius 2 is 1.64 bits per heavy atom. The van der Waals surface area contributed by atoms with Gasteiger partial charge in [0.25, 0.3) is 0 Å². The van der Waals surface area contributed by atoms with Crippen LogP contribution in [0.2, 0.25) is 0 Å². The predicted molar refractivity (Wildman–Crippen MR) is 65.4 cm³/mol. The van der Waals surface area contributed by atoms with Crippen LogP contribution in [0.1, 0.15) is 19.8 Å². The lowest BCUT2D eigenvalue weighted by molar-refractivity contribution is -0.192. The number of carboxylic acids is 1. The molecule has 1 aliphatic heterocycles. The van der Waals surface area contributed by atoms with Crippen molar-refractivity contribution in [3.05, 3.63) is 0 Å². The zero-order valence-electron chi connectivity index (χ0n) is 11.7. The Morgan fingerprint density at radius 3 is 1.95 bits per heavy atom. The van der Waals surface area contributed by atoms with E-state index in [0.29, 0.717) is 26.1 Å². The second-order valence-electron chi connectivity index (χ2n) is 4.59. The molecule has 1 heterocycles. The fraction of sp³-hybridized carbons (Fsp3) is 0.727. The molecular weight excluding hydrogens is 313 g/mol. The third kappa shape index (κ3) is 6.72. The van der Waals surface area contributed by atoms with E-state index in [1.165, 1.54) is 6.92 Å². The SMILES string of the molecule is CC(N)(C(N)=O)C(=O)OC1CCOCC1.O=C(O)C(F)(F)F. The van der Waals surface area contributed by atoms with Crippen molar-refractivity contribution in [3.8, 4) is 0 Å². The van der Waals surface area contributed by atoms with E-state index < -0.39 is 29.6 Å². The molecule has 1 rings (SSSR count). The number of carbonyl (C=O) groups is 3. The van der Waals surface area contributed by atoms with E-state index >= 15 is 0 Å². The molecule has 1 aliphatic rings. The van der Waals surface area contributed by atoms with Gasteiger partial charge in [-0.15, -0.1) is 0 Å². The van der Waals surface area contributed by atoms with Crippen LogP contribution in [0.5, 0.6) is 0 Å². The Labute approximate surface area is 123 Å². The molecule has 0 bridgehead atoms. The number of aliphatic carboxylic acids is 1. The van der Waals surface area contributed by atoms with Crippen molar-refractivity contribution in [2.45, 2.75) is 37.6 Å². The number of hydrogen-bond donors (Lipinski definition) is 3. The van der Waals surface area contributed by atoms with Gasteiger partial charge in [0.2, 0.25) is 5.91 Å². The van der Waals surface area contributed by atoms with Gasteiger partial charge in [-0.3, -0.25) is 4.79 Å². The standard InChI is InChI=1S/C9H16N2O4.C2HF3O2/c1-9(11,7(10)12)8(13)15-6-2-4-14-5-3-6;3-2(4,5)1(6)7/h6H,2-5,11H2,1H3,(H2,10,12);(H,6,7). The molecule has 22 heavy (non-hydrogen) atoms. The second kappa shape index (κ2) is 7.94. The summed E-state index contributed by atoms with van der Waals surface area (Å²) < 4.78 is 41.9. The van der Waals surface area contributed by atoms with Gasteiger partial charge >= 0.3 is 18.1 Å². The summed E-state index contributed by atoms with van der Waals surface area (Å²) in [6.45, 7) is 2.35. The molecule has 1 fully saturated rings. The van der Waals surface area contributed by atoms with Crippen molar-refractivity contribution in [3.63, 3.8) is 0 Å². The van der Waals surface area contributed by atoms with Crippen molar-refractivity contribution >= 4 is 17.8 Å². The van der Waals surface area contributed by atoms with Gasteiger partial charge in [-0.1, -0.05) is 0 Å². The largest absolute Gasteiger partial charge is 0.490 e. The number of nitrogens with two attached hydrogens (primary N) is 2. The van der Waals surface area contributed by atoms with E-state index in [1.54, 1.807) is 0 Å². The molecule has 0 saturated carbocycles. The van der Waals surface area contributed by atoms with Crippen LogP contribution in [0.25, 0.3) is 0 Å². The lowest BCUT2D eigenvalue weighted by Crippen LogP contribution is -2.57. The summed E-state index contributed by atoms with van der Waals surface area (Å²) in [7, 11) is 0.